The fraction of sp³-hybridized carbons (Fsp3) is 0.211. The molecule has 3 N–H and O–H groups in total. The zero-order chi connectivity index (χ0) is 16.8. The highest BCUT2D eigenvalue weighted by molar-refractivity contribution is 5.83. The van der Waals surface area contributed by atoms with Gasteiger partial charge >= 0.3 is 6.03 Å². The van der Waals surface area contributed by atoms with Crippen LogP contribution in [0.15, 0.2) is 54.7 Å². The van der Waals surface area contributed by atoms with E-state index in [0.29, 0.717) is 6.54 Å². The maximum Gasteiger partial charge on any atom is 0.317 e. The largest absolute Gasteiger partial charge is 0.473 e. The van der Waals surface area contributed by atoms with Gasteiger partial charge in [0.25, 0.3) is 0 Å². The summed E-state index contributed by atoms with van der Waals surface area (Å²) in [5, 5.41) is 6.72. The molecule has 0 bridgehead atoms. The van der Waals surface area contributed by atoms with E-state index in [1.807, 2.05) is 55.6 Å². The zero-order valence-electron chi connectivity index (χ0n) is 13.6. The number of benzene rings is 2. The van der Waals surface area contributed by atoms with Crippen molar-refractivity contribution in [3.8, 4) is 5.75 Å². The molecule has 1 aromatic heterocycles. The number of nitrogens with one attached hydrogen (secondary N) is 3. The second-order valence-electron chi connectivity index (χ2n) is 5.64. The summed E-state index contributed by atoms with van der Waals surface area (Å²) in [5.74, 6) is 0.736. The fourth-order valence-corrected chi connectivity index (χ4v) is 2.53. The number of aryl methyl sites for hydroxylation is 1. The van der Waals surface area contributed by atoms with Gasteiger partial charge in [-0.1, -0.05) is 35.9 Å². The average Bonchev–Trinajstić information content (AvgIpc) is 3.00. The Balaban J connectivity index is 1.39. The number of para-hydroxylation sites is 1. The molecule has 1 heterocycles. The maximum atomic E-state index is 11.8. The molecule has 0 fully saturated rings. The number of H-pyrrole nitrogens is 1. The highest BCUT2D eigenvalue weighted by atomic mass is 16.5. The summed E-state index contributed by atoms with van der Waals surface area (Å²) < 4.78 is 5.46. The summed E-state index contributed by atoms with van der Waals surface area (Å²) in [6.45, 7) is 2.73. The van der Waals surface area contributed by atoms with Gasteiger partial charge in [0.15, 0.2) is 6.73 Å². The number of urea groups is 1. The number of aromatic amines is 1. The normalized spacial score (nSPS) is 10.5. The molecule has 24 heavy (non-hydrogen) atoms. The summed E-state index contributed by atoms with van der Waals surface area (Å²) in [7, 11) is 0. The molecule has 5 nitrogen and oxygen atoms in total. The summed E-state index contributed by atoms with van der Waals surface area (Å²) in [4.78, 5) is 15.0. The topological polar surface area (TPSA) is 66.2 Å². The molecule has 0 spiro atoms. The van der Waals surface area contributed by atoms with Gasteiger partial charge in [0.2, 0.25) is 0 Å². The van der Waals surface area contributed by atoms with Gasteiger partial charge in [0, 0.05) is 23.6 Å². The number of aromatic nitrogens is 1. The molecular formula is C19H21N3O2. The number of rotatable bonds is 6. The molecule has 0 aliphatic heterocycles. The van der Waals surface area contributed by atoms with E-state index in [1.165, 1.54) is 16.5 Å². The van der Waals surface area contributed by atoms with Crippen LogP contribution >= 0.6 is 0 Å². The van der Waals surface area contributed by atoms with Crippen LogP contribution in [0.1, 0.15) is 11.1 Å². The zero-order valence-corrected chi connectivity index (χ0v) is 13.6. The Morgan fingerprint density at radius 2 is 1.88 bits per heavy atom. The molecule has 3 rings (SSSR count). The summed E-state index contributed by atoms with van der Waals surface area (Å²) in [6.07, 6.45) is 2.76. The van der Waals surface area contributed by atoms with Crippen molar-refractivity contribution >= 4 is 16.9 Å². The van der Waals surface area contributed by atoms with Gasteiger partial charge in [0.1, 0.15) is 5.75 Å². The lowest BCUT2D eigenvalue weighted by atomic mass is 10.1. The van der Waals surface area contributed by atoms with Crippen molar-refractivity contribution in [1.29, 1.82) is 0 Å². The van der Waals surface area contributed by atoms with Crippen molar-refractivity contribution in [2.24, 2.45) is 0 Å². The lowest BCUT2D eigenvalue weighted by molar-refractivity contribution is 0.224. The molecule has 2 amide bonds. The first-order valence-electron chi connectivity index (χ1n) is 7.98. The Kier molecular flexibility index (Phi) is 5.01. The standard InChI is InChI=1S/C19H21N3O2/c1-14-6-8-16(9-7-14)24-13-22-19(23)20-11-10-15-12-21-18-5-3-2-4-17(15)18/h2-9,12,21H,10-11,13H2,1H3,(H2,20,22,23). The van der Waals surface area contributed by atoms with Crippen molar-refractivity contribution in [2.45, 2.75) is 13.3 Å². The van der Waals surface area contributed by atoms with Crippen molar-refractivity contribution in [3.63, 3.8) is 0 Å². The van der Waals surface area contributed by atoms with E-state index < -0.39 is 0 Å². The van der Waals surface area contributed by atoms with Gasteiger partial charge in [-0.25, -0.2) is 4.79 Å². The quantitative estimate of drug-likeness (QED) is 0.609. The predicted octanol–water partition coefficient (Wildman–Crippen LogP) is 3.35. The smallest absolute Gasteiger partial charge is 0.317 e. The van der Waals surface area contributed by atoms with Crippen LogP contribution in [0.4, 0.5) is 4.79 Å². The van der Waals surface area contributed by atoms with Gasteiger partial charge < -0.3 is 20.4 Å². The third-order valence-electron chi connectivity index (χ3n) is 3.85. The van der Waals surface area contributed by atoms with Crippen molar-refractivity contribution in [1.82, 2.24) is 15.6 Å². The van der Waals surface area contributed by atoms with Crippen molar-refractivity contribution < 1.29 is 9.53 Å². The first-order chi connectivity index (χ1) is 11.7. The van der Waals surface area contributed by atoms with Crippen LogP contribution in [0.3, 0.4) is 0 Å². The number of carbonyl (C=O) groups excluding carboxylic acids is 1. The molecule has 0 saturated heterocycles. The highest BCUT2D eigenvalue weighted by Gasteiger charge is 2.04. The molecule has 0 aliphatic rings. The Bertz CT molecular complexity index is 809. The lowest BCUT2D eigenvalue weighted by Gasteiger charge is -2.09. The van der Waals surface area contributed by atoms with Gasteiger partial charge in [-0.15, -0.1) is 0 Å². The second-order valence-corrected chi connectivity index (χ2v) is 5.64. The molecule has 2 aromatic carbocycles. The number of hydrogen-bond acceptors (Lipinski definition) is 2. The van der Waals surface area contributed by atoms with Gasteiger partial charge in [-0.05, 0) is 37.1 Å². The van der Waals surface area contributed by atoms with Crippen LogP contribution in [0.2, 0.25) is 0 Å². The molecular weight excluding hydrogens is 302 g/mol. The first kappa shape index (κ1) is 15.9. The van der Waals surface area contributed by atoms with E-state index in [4.69, 9.17) is 4.74 Å². The van der Waals surface area contributed by atoms with Crippen LogP contribution in [-0.4, -0.2) is 24.3 Å². The lowest BCUT2D eigenvalue weighted by Crippen LogP contribution is -2.38. The third-order valence-corrected chi connectivity index (χ3v) is 3.85. The van der Waals surface area contributed by atoms with Crippen LogP contribution < -0.4 is 15.4 Å². The molecule has 5 heteroatoms. The molecule has 0 aliphatic carbocycles. The Hall–Kier alpha value is -2.95. The number of carbonyl (C=O) groups is 1. The first-order valence-corrected chi connectivity index (χ1v) is 7.98. The third kappa shape index (κ3) is 4.07. The van der Waals surface area contributed by atoms with E-state index in [1.54, 1.807) is 0 Å². The van der Waals surface area contributed by atoms with Gasteiger partial charge in [-0.3, -0.25) is 0 Å². The van der Waals surface area contributed by atoms with E-state index in [2.05, 4.69) is 21.7 Å². The molecule has 0 saturated carbocycles. The van der Waals surface area contributed by atoms with Gasteiger partial charge in [-0.2, -0.15) is 0 Å². The van der Waals surface area contributed by atoms with E-state index >= 15 is 0 Å². The minimum Gasteiger partial charge on any atom is -0.473 e. The SMILES string of the molecule is Cc1ccc(OCNC(=O)NCCc2c[nH]c3ccccc23)cc1. The number of fused-ring (bicyclic) bond motifs is 1. The Labute approximate surface area is 141 Å². The minimum absolute atomic E-state index is 0.141. The molecule has 0 radical (unpaired) electrons. The highest BCUT2D eigenvalue weighted by Crippen LogP contribution is 2.17. The van der Waals surface area contributed by atoms with Crippen LogP contribution in [0.5, 0.6) is 5.75 Å². The number of ether oxygens (including phenoxy) is 1. The van der Waals surface area contributed by atoms with E-state index in [9.17, 15) is 4.79 Å². The van der Waals surface area contributed by atoms with E-state index in [0.717, 1.165) is 17.7 Å². The fourth-order valence-electron chi connectivity index (χ4n) is 2.53. The Morgan fingerprint density at radius 1 is 1.08 bits per heavy atom. The average molecular weight is 323 g/mol. The predicted molar refractivity (Wildman–Crippen MR) is 95.2 cm³/mol. The molecule has 124 valence electrons. The molecule has 0 unspecified atom stereocenters. The molecule has 3 aromatic rings. The number of hydrogen-bond donors (Lipinski definition) is 3. The Morgan fingerprint density at radius 3 is 2.71 bits per heavy atom. The van der Waals surface area contributed by atoms with Crippen LogP contribution in [0, 0.1) is 6.92 Å². The summed E-state index contributed by atoms with van der Waals surface area (Å²) in [5.41, 5.74) is 3.48. The second kappa shape index (κ2) is 7.55. The van der Waals surface area contributed by atoms with Gasteiger partial charge in [0.05, 0.1) is 0 Å². The van der Waals surface area contributed by atoms with E-state index in [-0.39, 0.29) is 12.8 Å². The summed E-state index contributed by atoms with van der Waals surface area (Å²) in [6, 6.07) is 15.6. The summed E-state index contributed by atoms with van der Waals surface area (Å²) >= 11 is 0. The van der Waals surface area contributed by atoms with Crippen molar-refractivity contribution in [3.05, 3.63) is 65.9 Å². The van der Waals surface area contributed by atoms with Crippen LogP contribution in [-0.2, 0) is 6.42 Å². The molecule has 0 atom stereocenters. The monoisotopic (exact) mass is 323 g/mol. The van der Waals surface area contributed by atoms with Crippen LogP contribution in [0.25, 0.3) is 10.9 Å². The minimum atomic E-state index is -0.234. The maximum absolute atomic E-state index is 11.8. The number of amides is 2. The van der Waals surface area contributed by atoms with Crippen molar-refractivity contribution in [2.75, 3.05) is 13.3 Å².